The summed E-state index contributed by atoms with van der Waals surface area (Å²) in [6.45, 7) is -0.415. The van der Waals surface area contributed by atoms with Crippen LogP contribution in [0.15, 0.2) is 22.7 Å². The summed E-state index contributed by atoms with van der Waals surface area (Å²) in [6.07, 6.45) is 4.32. The molecule has 1 fully saturated rings. The molecule has 3 heteroatoms. The molecule has 82 valence electrons. The second-order valence-corrected chi connectivity index (χ2v) is 5.28. The van der Waals surface area contributed by atoms with Crippen molar-refractivity contribution in [2.75, 3.05) is 0 Å². The SMILES string of the molecule is NC1(CCc2ccc(CF)c(Br)c2)CC1. The first-order valence-corrected chi connectivity index (χ1v) is 6.04. The maximum atomic E-state index is 12.5. The van der Waals surface area contributed by atoms with Crippen LogP contribution in [0.25, 0.3) is 0 Å². The molecule has 2 N–H and O–H groups in total. The van der Waals surface area contributed by atoms with Gasteiger partial charge in [-0.15, -0.1) is 0 Å². The van der Waals surface area contributed by atoms with E-state index in [0.717, 1.165) is 30.2 Å². The molecule has 1 aromatic rings. The Hall–Kier alpha value is -0.410. The van der Waals surface area contributed by atoms with E-state index in [1.165, 1.54) is 5.56 Å². The minimum atomic E-state index is -0.415. The van der Waals surface area contributed by atoms with Crippen molar-refractivity contribution >= 4 is 15.9 Å². The lowest BCUT2D eigenvalue weighted by atomic mass is 10.0. The molecule has 1 aliphatic carbocycles. The van der Waals surface area contributed by atoms with Gasteiger partial charge in [-0.3, -0.25) is 0 Å². The molecule has 15 heavy (non-hydrogen) atoms. The standard InChI is InChI=1S/C12H15BrFN/c13-11-7-9(1-2-10(11)8-14)3-4-12(15)5-6-12/h1-2,7H,3-6,8,15H2. The smallest absolute Gasteiger partial charge is 0.116 e. The van der Waals surface area contributed by atoms with E-state index in [4.69, 9.17) is 5.73 Å². The number of benzene rings is 1. The fourth-order valence-electron chi connectivity index (χ4n) is 1.66. The molecule has 0 unspecified atom stereocenters. The summed E-state index contributed by atoms with van der Waals surface area (Å²) in [5, 5.41) is 0. The molecule has 0 saturated heterocycles. The molecule has 0 heterocycles. The zero-order valence-electron chi connectivity index (χ0n) is 8.60. The van der Waals surface area contributed by atoms with E-state index in [1.54, 1.807) is 0 Å². The Bertz CT molecular complexity index is 361. The molecular weight excluding hydrogens is 257 g/mol. The number of nitrogens with two attached hydrogens (primary N) is 1. The number of hydrogen-bond donors (Lipinski definition) is 1. The lowest BCUT2D eigenvalue weighted by Crippen LogP contribution is -2.22. The van der Waals surface area contributed by atoms with Crippen molar-refractivity contribution in [3.63, 3.8) is 0 Å². The van der Waals surface area contributed by atoms with Gasteiger partial charge in [0.1, 0.15) is 6.67 Å². The molecule has 0 aliphatic heterocycles. The van der Waals surface area contributed by atoms with Gasteiger partial charge >= 0.3 is 0 Å². The fourth-order valence-corrected chi connectivity index (χ4v) is 2.19. The Morgan fingerprint density at radius 3 is 2.67 bits per heavy atom. The predicted octanol–water partition coefficient (Wildman–Crippen LogP) is 3.34. The van der Waals surface area contributed by atoms with Gasteiger partial charge < -0.3 is 5.73 Å². The van der Waals surface area contributed by atoms with Crippen LogP contribution in [-0.2, 0) is 13.1 Å². The number of rotatable bonds is 4. The average molecular weight is 272 g/mol. The highest BCUT2D eigenvalue weighted by Gasteiger charge is 2.37. The summed E-state index contributed by atoms with van der Waals surface area (Å²) in [4.78, 5) is 0. The van der Waals surface area contributed by atoms with E-state index in [2.05, 4.69) is 15.9 Å². The highest BCUT2D eigenvalue weighted by molar-refractivity contribution is 9.10. The van der Waals surface area contributed by atoms with Crippen LogP contribution < -0.4 is 5.73 Å². The van der Waals surface area contributed by atoms with Crippen LogP contribution in [0.2, 0.25) is 0 Å². The van der Waals surface area contributed by atoms with Crippen LogP contribution in [0.4, 0.5) is 4.39 Å². The van der Waals surface area contributed by atoms with Gasteiger partial charge in [0.15, 0.2) is 0 Å². The second kappa shape index (κ2) is 4.22. The van der Waals surface area contributed by atoms with Crippen molar-refractivity contribution in [3.8, 4) is 0 Å². The first kappa shape index (κ1) is 11.1. The van der Waals surface area contributed by atoms with E-state index < -0.39 is 6.67 Å². The molecular formula is C12H15BrFN. The monoisotopic (exact) mass is 271 g/mol. The van der Waals surface area contributed by atoms with Crippen LogP contribution in [0.3, 0.4) is 0 Å². The molecule has 0 radical (unpaired) electrons. The number of hydrogen-bond acceptors (Lipinski definition) is 1. The van der Waals surface area contributed by atoms with E-state index in [9.17, 15) is 4.39 Å². The third-order valence-electron chi connectivity index (χ3n) is 3.07. The van der Waals surface area contributed by atoms with E-state index in [0.29, 0.717) is 5.56 Å². The summed E-state index contributed by atoms with van der Waals surface area (Å²) in [7, 11) is 0. The normalized spacial score (nSPS) is 17.8. The quantitative estimate of drug-likeness (QED) is 0.893. The second-order valence-electron chi connectivity index (χ2n) is 4.42. The molecule has 0 atom stereocenters. The van der Waals surface area contributed by atoms with Crippen LogP contribution in [-0.4, -0.2) is 5.54 Å². The highest BCUT2D eigenvalue weighted by atomic mass is 79.9. The third-order valence-corrected chi connectivity index (χ3v) is 3.80. The summed E-state index contributed by atoms with van der Waals surface area (Å²) >= 11 is 3.37. The van der Waals surface area contributed by atoms with Gasteiger partial charge in [0.25, 0.3) is 0 Å². The van der Waals surface area contributed by atoms with Crippen molar-refractivity contribution in [3.05, 3.63) is 33.8 Å². The molecule has 1 nitrogen and oxygen atoms in total. The maximum Gasteiger partial charge on any atom is 0.116 e. The first-order chi connectivity index (χ1) is 7.13. The Kier molecular flexibility index (Phi) is 3.12. The summed E-state index contributed by atoms with van der Waals surface area (Å²) in [5.74, 6) is 0. The van der Waals surface area contributed by atoms with Gasteiger partial charge in [0.2, 0.25) is 0 Å². The topological polar surface area (TPSA) is 26.0 Å². The van der Waals surface area contributed by atoms with Gasteiger partial charge in [-0.1, -0.05) is 28.1 Å². The number of alkyl halides is 1. The van der Waals surface area contributed by atoms with Crippen molar-refractivity contribution in [2.24, 2.45) is 5.73 Å². The fraction of sp³-hybridized carbons (Fsp3) is 0.500. The minimum absolute atomic E-state index is 0.102. The first-order valence-electron chi connectivity index (χ1n) is 5.25. The zero-order chi connectivity index (χ0) is 10.9. The van der Waals surface area contributed by atoms with E-state index in [-0.39, 0.29) is 5.54 Å². The summed E-state index contributed by atoms with van der Waals surface area (Å²) in [5.41, 5.74) is 8.07. The van der Waals surface area contributed by atoms with Crippen molar-refractivity contribution in [2.45, 2.75) is 37.9 Å². The molecule has 0 aromatic heterocycles. The Morgan fingerprint density at radius 2 is 2.13 bits per heavy atom. The number of halogens is 2. The van der Waals surface area contributed by atoms with E-state index >= 15 is 0 Å². The average Bonchev–Trinajstić information content (AvgIpc) is 2.95. The van der Waals surface area contributed by atoms with Crippen molar-refractivity contribution in [1.29, 1.82) is 0 Å². The Morgan fingerprint density at radius 1 is 1.40 bits per heavy atom. The van der Waals surface area contributed by atoms with Crippen molar-refractivity contribution < 1.29 is 4.39 Å². The molecule has 2 rings (SSSR count). The molecule has 1 saturated carbocycles. The van der Waals surface area contributed by atoms with Crippen LogP contribution >= 0.6 is 15.9 Å². The van der Waals surface area contributed by atoms with Crippen molar-refractivity contribution in [1.82, 2.24) is 0 Å². The Balaban J connectivity index is 1.99. The van der Waals surface area contributed by atoms with Crippen LogP contribution in [0.5, 0.6) is 0 Å². The van der Waals surface area contributed by atoms with Gasteiger partial charge in [-0.25, -0.2) is 4.39 Å². The molecule has 0 bridgehead atoms. The van der Waals surface area contributed by atoms with Crippen LogP contribution in [0, 0.1) is 0 Å². The van der Waals surface area contributed by atoms with Gasteiger partial charge in [-0.05, 0) is 42.9 Å². The minimum Gasteiger partial charge on any atom is -0.325 e. The highest BCUT2D eigenvalue weighted by Crippen LogP contribution is 2.36. The van der Waals surface area contributed by atoms with Gasteiger partial charge in [0.05, 0.1) is 0 Å². The number of aryl methyl sites for hydroxylation is 1. The van der Waals surface area contributed by atoms with E-state index in [1.807, 2.05) is 18.2 Å². The molecule has 1 aliphatic rings. The van der Waals surface area contributed by atoms with Gasteiger partial charge in [-0.2, -0.15) is 0 Å². The lowest BCUT2D eigenvalue weighted by molar-refractivity contribution is 0.484. The largest absolute Gasteiger partial charge is 0.325 e. The third kappa shape index (κ3) is 2.79. The zero-order valence-corrected chi connectivity index (χ0v) is 10.2. The summed E-state index contributed by atoms with van der Waals surface area (Å²) < 4.78 is 13.3. The lowest BCUT2D eigenvalue weighted by Gasteiger charge is -2.09. The molecule has 0 amide bonds. The molecule has 0 spiro atoms. The predicted molar refractivity (Wildman–Crippen MR) is 63.4 cm³/mol. The maximum absolute atomic E-state index is 12.5. The van der Waals surface area contributed by atoms with Gasteiger partial charge in [0, 0.05) is 10.0 Å². The summed E-state index contributed by atoms with van der Waals surface area (Å²) in [6, 6.07) is 5.83. The Labute approximate surface area is 98.0 Å². The molecule has 1 aromatic carbocycles. The van der Waals surface area contributed by atoms with Crippen LogP contribution in [0.1, 0.15) is 30.4 Å².